The average Bonchev–Trinajstić information content (AvgIpc) is 2.53. The van der Waals surface area contributed by atoms with Crippen LogP contribution in [-0.2, 0) is 16.1 Å². The number of hydrogen-bond donors (Lipinski definition) is 1. The number of halogens is 2. The molecule has 0 heterocycles. The molecule has 0 aliphatic rings. The highest BCUT2D eigenvalue weighted by molar-refractivity contribution is 6.35. The Morgan fingerprint density at radius 2 is 1.88 bits per heavy atom. The van der Waals surface area contributed by atoms with E-state index >= 15 is 0 Å². The quantitative estimate of drug-likeness (QED) is 0.739. The molecule has 0 bridgehead atoms. The zero-order chi connectivity index (χ0) is 18.3. The first-order valence-corrected chi connectivity index (χ1v) is 9.06. The number of rotatable bonds is 8. The Labute approximate surface area is 154 Å². The van der Waals surface area contributed by atoms with Gasteiger partial charge in [-0.15, -0.1) is 0 Å². The third-order valence-corrected chi connectivity index (χ3v) is 4.32. The lowest BCUT2D eigenvalue weighted by Crippen LogP contribution is -2.49. The summed E-state index contributed by atoms with van der Waals surface area (Å²) < 4.78 is 0. The second-order valence-electron chi connectivity index (χ2n) is 6.17. The van der Waals surface area contributed by atoms with Gasteiger partial charge in [0.1, 0.15) is 6.04 Å². The molecule has 0 saturated heterocycles. The van der Waals surface area contributed by atoms with Crippen molar-refractivity contribution in [1.29, 1.82) is 0 Å². The number of nitrogens with zero attached hydrogens (tertiary/aromatic N) is 1. The molecule has 0 aliphatic heterocycles. The van der Waals surface area contributed by atoms with Gasteiger partial charge in [0.25, 0.3) is 0 Å². The molecule has 0 saturated carbocycles. The molecule has 0 radical (unpaired) electrons. The molecule has 2 amide bonds. The molecule has 24 heavy (non-hydrogen) atoms. The molecule has 1 rings (SSSR count). The molecule has 0 spiro atoms. The van der Waals surface area contributed by atoms with Crippen molar-refractivity contribution in [1.82, 2.24) is 10.2 Å². The summed E-state index contributed by atoms with van der Waals surface area (Å²) in [5.41, 5.74) is 0.776. The van der Waals surface area contributed by atoms with E-state index < -0.39 is 6.04 Å². The van der Waals surface area contributed by atoms with Crippen molar-refractivity contribution in [2.45, 2.75) is 53.1 Å². The van der Waals surface area contributed by atoms with E-state index in [0.717, 1.165) is 5.56 Å². The molecule has 0 aromatic heterocycles. The van der Waals surface area contributed by atoms with Crippen molar-refractivity contribution < 1.29 is 9.59 Å². The van der Waals surface area contributed by atoms with Gasteiger partial charge in [-0.05, 0) is 30.0 Å². The predicted molar refractivity (Wildman–Crippen MR) is 99.2 cm³/mol. The molecule has 0 fully saturated rings. The van der Waals surface area contributed by atoms with Crippen LogP contribution in [0.1, 0.15) is 46.1 Å². The Balaban J connectivity index is 3.01. The standard InChI is InChI=1S/C18H26Cl2N2O2/c1-5-16(18(24)21-10-12(3)4)22(17(23)6-2)11-13-7-8-14(19)9-15(13)20/h7-9,12,16H,5-6,10-11H2,1-4H3,(H,21,24)/t16-/m1/s1. The Hall–Kier alpha value is -1.26. The monoisotopic (exact) mass is 372 g/mol. The van der Waals surface area contributed by atoms with Gasteiger partial charge in [0.2, 0.25) is 11.8 Å². The number of carbonyl (C=O) groups is 2. The van der Waals surface area contributed by atoms with Crippen molar-refractivity contribution in [3.63, 3.8) is 0 Å². The lowest BCUT2D eigenvalue weighted by atomic mass is 10.1. The molecule has 1 aromatic carbocycles. The topological polar surface area (TPSA) is 49.4 Å². The van der Waals surface area contributed by atoms with Crippen LogP contribution in [0.15, 0.2) is 18.2 Å². The number of nitrogens with one attached hydrogen (secondary N) is 1. The van der Waals surface area contributed by atoms with Crippen LogP contribution in [0.3, 0.4) is 0 Å². The number of hydrogen-bond acceptors (Lipinski definition) is 2. The minimum Gasteiger partial charge on any atom is -0.354 e. The normalized spacial score (nSPS) is 12.1. The second kappa shape index (κ2) is 9.90. The van der Waals surface area contributed by atoms with Gasteiger partial charge in [0.15, 0.2) is 0 Å². The first-order valence-electron chi connectivity index (χ1n) is 8.31. The van der Waals surface area contributed by atoms with Gasteiger partial charge >= 0.3 is 0 Å². The average molecular weight is 373 g/mol. The van der Waals surface area contributed by atoms with E-state index in [2.05, 4.69) is 5.32 Å². The molecule has 1 atom stereocenters. The van der Waals surface area contributed by atoms with Crippen molar-refractivity contribution in [2.75, 3.05) is 6.54 Å². The van der Waals surface area contributed by atoms with E-state index in [1.54, 1.807) is 30.0 Å². The molecule has 6 heteroatoms. The Kier molecular flexibility index (Phi) is 8.57. The molecule has 0 unspecified atom stereocenters. The maximum absolute atomic E-state index is 12.5. The highest BCUT2D eigenvalue weighted by Gasteiger charge is 2.28. The molecule has 1 N–H and O–H groups in total. The van der Waals surface area contributed by atoms with Crippen LogP contribution in [0.25, 0.3) is 0 Å². The largest absolute Gasteiger partial charge is 0.354 e. The number of benzene rings is 1. The second-order valence-corrected chi connectivity index (χ2v) is 7.02. The smallest absolute Gasteiger partial charge is 0.242 e. The van der Waals surface area contributed by atoms with Crippen LogP contribution in [-0.4, -0.2) is 29.3 Å². The fraction of sp³-hybridized carbons (Fsp3) is 0.556. The summed E-state index contributed by atoms with van der Waals surface area (Å²) in [6.45, 7) is 8.63. The van der Waals surface area contributed by atoms with Crippen molar-refractivity contribution in [3.05, 3.63) is 33.8 Å². The van der Waals surface area contributed by atoms with E-state index in [4.69, 9.17) is 23.2 Å². The van der Waals surface area contributed by atoms with E-state index in [1.165, 1.54) is 0 Å². The fourth-order valence-electron chi connectivity index (χ4n) is 2.38. The maximum atomic E-state index is 12.5. The van der Waals surface area contributed by atoms with Gasteiger partial charge in [-0.2, -0.15) is 0 Å². The summed E-state index contributed by atoms with van der Waals surface area (Å²) in [5.74, 6) is 0.151. The Bertz CT molecular complexity index is 576. The zero-order valence-electron chi connectivity index (χ0n) is 14.7. The van der Waals surface area contributed by atoms with Crippen molar-refractivity contribution in [2.24, 2.45) is 5.92 Å². The molecular weight excluding hydrogens is 347 g/mol. The van der Waals surface area contributed by atoms with E-state index in [1.807, 2.05) is 20.8 Å². The van der Waals surface area contributed by atoms with Gasteiger partial charge in [0, 0.05) is 29.6 Å². The van der Waals surface area contributed by atoms with Crippen LogP contribution in [0, 0.1) is 5.92 Å². The summed E-state index contributed by atoms with van der Waals surface area (Å²) in [6.07, 6.45) is 0.875. The third-order valence-electron chi connectivity index (χ3n) is 3.73. The number of amides is 2. The fourth-order valence-corrected chi connectivity index (χ4v) is 2.85. The highest BCUT2D eigenvalue weighted by Crippen LogP contribution is 2.24. The summed E-state index contributed by atoms with van der Waals surface area (Å²) in [7, 11) is 0. The third kappa shape index (κ3) is 5.99. The Morgan fingerprint density at radius 1 is 1.21 bits per heavy atom. The van der Waals surface area contributed by atoms with Crippen LogP contribution in [0.5, 0.6) is 0 Å². The molecule has 1 aromatic rings. The summed E-state index contributed by atoms with van der Waals surface area (Å²) in [6, 6.07) is 4.66. The maximum Gasteiger partial charge on any atom is 0.242 e. The first kappa shape index (κ1) is 20.8. The molecular formula is C18H26Cl2N2O2. The van der Waals surface area contributed by atoms with Crippen LogP contribution in [0.4, 0.5) is 0 Å². The van der Waals surface area contributed by atoms with Gasteiger partial charge in [0.05, 0.1) is 0 Å². The molecule has 4 nitrogen and oxygen atoms in total. The summed E-state index contributed by atoms with van der Waals surface area (Å²) in [4.78, 5) is 26.5. The molecule has 0 aliphatic carbocycles. The van der Waals surface area contributed by atoms with Crippen LogP contribution >= 0.6 is 23.2 Å². The minimum atomic E-state index is -0.511. The summed E-state index contributed by atoms with van der Waals surface area (Å²) in [5, 5.41) is 3.95. The SMILES string of the molecule is CCC(=O)N(Cc1ccc(Cl)cc1Cl)[C@H](CC)C(=O)NCC(C)C. The van der Waals surface area contributed by atoms with Crippen LogP contribution in [0.2, 0.25) is 10.0 Å². The lowest BCUT2D eigenvalue weighted by Gasteiger charge is -2.31. The van der Waals surface area contributed by atoms with E-state index in [-0.39, 0.29) is 18.4 Å². The Morgan fingerprint density at radius 3 is 2.38 bits per heavy atom. The van der Waals surface area contributed by atoms with E-state index in [9.17, 15) is 9.59 Å². The van der Waals surface area contributed by atoms with Gasteiger partial charge in [-0.25, -0.2) is 0 Å². The van der Waals surface area contributed by atoms with Gasteiger partial charge in [-0.3, -0.25) is 9.59 Å². The van der Waals surface area contributed by atoms with Gasteiger partial charge < -0.3 is 10.2 Å². The van der Waals surface area contributed by atoms with Gasteiger partial charge in [-0.1, -0.05) is 57.0 Å². The first-order chi connectivity index (χ1) is 11.3. The summed E-state index contributed by atoms with van der Waals surface area (Å²) >= 11 is 12.2. The zero-order valence-corrected chi connectivity index (χ0v) is 16.2. The highest BCUT2D eigenvalue weighted by atomic mass is 35.5. The van der Waals surface area contributed by atoms with Crippen molar-refractivity contribution >= 4 is 35.0 Å². The minimum absolute atomic E-state index is 0.0763. The van der Waals surface area contributed by atoms with E-state index in [0.29, 0.717) is 35.3 Å². The molecule has 134 valence electrons. The van der Waals surface area contributed by atoms with Crippen molar-refractivity contribution in [3.8, 4) is 0 Å². The lowest BCUT2D eigenvalue weighted by molar-refractivity contribution is -0.141. The number of carbonyl (C=O) groups excluding carboxylic acids is 2. The van der Waals surface area contributed by atoms with Crippen LogP contribution < -0.4 is 5.32 Å². The predicted octanol–water partition coefficient (Wildman–Crippen LogP) is 4.28.